The van der Waals surface area contributed by atoms with E-state index in [1.54, 1.807) is 24.1 Å². The molecular formula is C15H20N2O3. The minimum Gasteiger partial charge on any atom is -0.459 e. The standard InChI is InChI=1S/C15H20N2O3/c1-16-8-3-6-13(16)12-17(9-5-10-19-2)15(18)14-7-4-11-20-14/h3-4,6-8,11H,5,9-10,12H2,1-2H3. The van der Waals surface area contributed by atoms with Crippen LogP contribution in [0.15, 0.2) is 41.1 Å². The predicted octanol–water partition coefficient (Wildman–Crippen LogP) is 2.30. The first-order valence-corrected chi connectivity index (χ1v) is 6.64. The number of rotatable bonds is 7. The van der Waals surface area contributed by atoms with Crippen LogP contribution in [0.1, 0.15) is 22.7 Å². The Kier molecular flexibility index (Phi) is 5.01. The maximum atomic E-state index is 12.4. The lowest BCUT2D eigenvalue weighted by atomic mass is 10.3. The van der Waals surface area contributed by atoms with Gasteiger partial charge in [0, 0.05) is 39.2 Å². The Labute approximate surface area is 118 Å². The first-order chi connectivity index (χ1) is 9.72. The number of nitrogens with zero attached hydrogens (tertiary/aromatic N) is 2. The minimum absolute atomic E-state index is 0.0905. The molecule has 0 saturated heterocycles. The molecule has 0 fully saturated rings. The van der Waals surface area contributed by atoms with E-state index >= 15 is 0 Å². The number of carbonyl (C=O) groups excluding carboxylic acids is 1. The lowest BCUT2D eigenvalue weighted by Gasteiger charge is -2.22. The Bertz CT molecular complexity index is 531. The van der Waals surface area contributed by atoms with Gasteiger partial charge in [0.15, 0.2) is 5.76 Å². The number of hydrogen-bond acceptors (Lipinski definition) is 3. The molecule has 0 bridgehead atoms. The van der Waals surface area contributed by atoms with Crippen LogP contribution in [0.5, 0.6) is 0 Å². The Hall–Kier alpha value is -2.01. The zero-order valence-corrected chi connectivity index (χ0v) is 11.9. The summed E-state index contributed by atoms with van der Waals surface area (Å²) in [6.45, 7) is 1.83. The van der Waals surface area contributed by atoms with Gasteiger partial charge in [0.2, 0.25) is 0 Å². The van der Waals surface area contributed by atoms with Crippen molar-refractivity contribution in [1.82, 2.24) is 9.47 Å². The Morgan fingerprint density at radius 2 is 2.25 bits per heavy atom. The van der Waals surface area contributed by atoms with Crippen molar-refractivity contribution in [2.24, 2.45) is 7.05 Å². The highest BCUT2D eigenvalue weighted by Gasteiger charge is 2.19. The van der Waals surface area contributed by atoms with E-state index in [1.807, 2.05) is 29.9 Å². The SMILES string of the molecule is COCCCN(Cc1cccn1C)C(=O)c1ccco1. The number of aryl methyl sites for hydroxylation is 1. The van der Waals surface area contributed by atoms with Gasteiger partial charge in [-0.05, 0) is 30.7 Å². The van der Waals surface area contributed by atoms with Gasteiger partial charge in [0.05, 0.1) is 12.8 Å². The highest BCUT2D eigenvalue weighted by Crippen LogP contribution is 2.11. The van der Waals surface area contributed by atoms with Crippen molar-refractivity contribution in [3.8, 4) is 0 Å². The fourth-order valence-corrected chi connectivity index (χ4v) is 2.06. The number of carbonyl (C=O) groups is 1. The number of aromatic nitrogens is 1. The van der Waals surface area contributed by atoms with E-state index in [2.05, 4.69) is 0 Å². The molecule has 108 valence electrons. The average molecular weight is 276 g/mol. The van der Waals surface area contributed by atoms with Crippen LogP contribution in [0.2, 0.25) is 0 Å². The van der Waals surface area contributed by atoms with Crippen LogP contribution in [-0.2, 0) is 18.3 Å². The number of furan rings is 1. The Morgan fingerprint density at radius 3 is 2.85 bits per heavy atom. The van der Waals surface area contributed by atoms with Gasteiger partial charge in [-0.25, -0.2) is 0 Å². The zero-order valence-electron chi connectivity index (χ0n) is 11.9. The van der Waals surface area contributed by atoms with E-state index in [4.69, 9.17) is 9.15 Å². The zero-order chi connectivity index (χ0) is 14.4. The molecule has 0 N–H and O–H groups in total. The fraction of sp³-hybridized carbons (Fsp3) is 0.400. The second kappa shape index (κ2) is 6.96. The van der Waals surface area contributed by atoms with Crippen LogP contribution >= 0.6 is 0 Å². The lowest BCUT2D eigenvalue weighted by Crippen LogP contribution is -2.32. The maximum absolute atomic E-state index is 12.4. The molecule has 2 aromatic rings. The highest BCUT2D eigenvalue weighted by molar-refractivity contribution is 5.91. The highest BCUT2D eigenvalue weighted by atomic mass is 16.5. The quantitative estimate of drug-likeness (QED) is 0.729. The molecule has 0 atom stereocenters. The van der Waals surface area contributed by atoms with Crippen LogP contribution in [0, 0.1) is 0 Å². The van der Waals surface area contributed by atoms with Gasteiger partial charge in [-0.15, -0.1) is 0 Å². The van der Waals surface area contributed by atoms with Crippen LogP contribution in [0.3, 0.4) is 0 Å². The molecule has 0 spiro atoms. The fourth-order valence-electron chi connectivity index (χ4n) is 2.06. The molecule has 5 nitrogen and oxygen atoms in total. The molecule has 2 heterocycles. The van der Waals surface area contributed by atoms with Crippen molar-refractivity contribution in [2.75, 3.05) is 20.3 Å². The molecule has 1 amide bonds. The summed E-state index contributed by atoms with van der Waals surface area (Å²) in [6.07, 6.45) is 4.29. The third kappa shape index (κ3) is 3.51. The largest absolute Gasteiger partial charge is 0.459 e. The number of amides is 1. The molecule has 0 aliphatic carbocycles. The van der Waals surface area contributed by atoms with Crippen molar-refractivity contribution in [2.45, 2.75) is 13.0 Å². The summed E-state index contributed by atoms with van der Waals surface area (Å²) < 4.78 is 12.3. The molecule has 2 aromatic heterocycles. The monoisotopic (exact) mass is 276 g/mol. The van der Waals surface area contributed by atoms with Gasteiger partial charge in [0.1, 0.15) is 0 Å². The summed E-state index contributed by atoms with van der Waals surface area (Å²) in [5.74, 6) is 0.281. The molecule has 0 aromatic carbocycles. The Balaban J connectivity index is 2.08. The molecule has 0 unspecified atom stereocenters. The molecular weight excluding hydrogens is 256 g/mol. The van der Waals surface area contributed by atoms with E-state index in [0.29, 0.717) is 25.5 Å². The van der Waals surface area contributed by atoms with E-state index in [9.17, 15) is 4.79 Å². The minimum atomic E-state index is -0.0905. The predicted molar refractivity (Wildman–Crippen MR) is 75.4 cm³/mol. The molecule has 0 saturated carbocycles. The number of ether oxygens (including phenoxy) is 1. The van der Waals surface area contributed by atoms with Gasteiger partial charge in [-0.2, -0.15) is 0 Å². The summed E-state index contributed by atoms with van der Waals surface area (Å²) in [5, 5.41) is 0. The second-order valence-corrected chi connectivity index (χ2v) is 4.66. The molecule has 2 rings (SSSR count). The Morgan fingerprint density at radius 1 is 1.40 bits per heavy atom. The molecule has 0 aliphatic heterocycles. The first kappa shape index (κ1) is 14.4. The van der Waals surface area contributed by atoms with Gasteiger partial charge in [0.25, 0.3) is 5.91 Å². The van der Waals surface area contributed by atoms with Crippen LogP contribution in [0.25, 0.3) is 0 Å². The van der Waals surface area contributed by atoms with E-state index in [-0.39, 0.29) is 5.91 Å². The number of hydrogen-bond donors (Lipinski definition) is 0. The molecule has 5 heteroatoms. The smallest absolute Gasteiger partial charge is 0.289 e. The van der Waals surface area contributed by atoms with Gasteiger partial charge in [-0.3, -0.25) is 4.79 Å². The van der Waals surface area contributed by atoms with Gasteiger partial charge in [-0.1, -0.05) is 0 Å². The second-order valence-electron chi connectivity index (χ2n) is 4.66. The molecule has 0 radical (unpaired) electrons. The van der Waals surface area contributed by atoms with Crippen molar-refractivity contribution in [3.05, 3.63) is 48.2 Å². The van der Waals surface area contributed by atoms with E-state index < -0.39 is 0 Å². The van der Waals surface area contributed by atoms with Crippen LogP contribution < -0.4 is 0 Å². The summed E-state index contributed by atoms with van der Waals surface area (Å²) in [6, 6.07) is 7.40. The summed E-state index contributed by atoms with van der Waals surface area (Å²) in [4.78, 5) is 14.2. The average Bonchev–Trinajstić information content (AvgIpc) is 3.09. The van der Waals surface area contributed by atoms with Gasteiger partial charge >= 0.3 is 0 Å². The normalized spacial score (nSPS) is 10.7. The third-order valence-electron chi connectivity index (χ3n) is 3.20. The van der Waals surface area contributed by atoms with Crippen LogP contribution in [-0.4, -0.2) is 35.6 Å². The van der Waals surface area contributed by atoms with Crippen molar-refractivity contribution in [3.63, 3.8) is 0 Å². The summed E-state index contributed by atoms with van der Waals surface area (Å²) >= 11 is 0. The topological polar surface area (TPSA) is 47.6 Å². The lowest BCUT2D eigenvalue weighted by molar-refractivity contribution is 0.0688. The van der Waals surface area contributed by atoms with Crippen molar-refractivity contribution in [1.29, 1.82) is 0 Å². The molecule has 20 heavy (non-hydrogen) atoms. The van der Waals surface area contributed by atoms with E-state index in [1.165, 1.54) is 6.26 Å². The number of methoxy groups -OCH3 is 1. The van der Waals surface area contributed by atoms with Crippen LogP contribution in [0.4, 0.5) is 0 Å². The third-order valence-corrected chi connectivity index (χ3v) is 3.20. The first-order valence-electron chi connectivity index (χ1n) is 6.64. The van der Waals surface area contributed by atoms with E-state index in [0.717, 1.165) is 12.1 Å². The summed E-state index contributed by atoms with van der Waals surface area (Å²) in [5.41, 5.74) is 1.09. The summed E-state index contributed by atoms with van der Waals surface area (Å²) in [7, 11) is 3.63. The molecule has 0 aliphatic rings. The van der Waals surface area contributed by atoms with Crippen molar-refractivity contribution >= 4 is 5.91 Å². The maximum Gasteiger partial charge on any atom is 0.289 e. The van der Waals surface area contributed by atoms with Gasteiger partial charge < -0.3 is 18.6 Å². The van der Waals surface area contributed by atoms with Crippen molar-refractivity contribution < 1.29 is 13.9 Å².